The molecule has 4 aromatic carbocycles. The Kier molecular flexibility index (Phi) is 10.5. The number of methoxy groups -OCH3 is 1. The fourth-order valence-corrected chi connectivity index (χ4v) is 11.5. The van der Waals surface area contributed by atoms with E-state index in [9.17, 15) is 9.90 Å². The zero-order valence-electron chi connectivity index (χ0n) is 28.0. The van der Waals surface area contributed by atoms with Crippen molar-refractivity contribution < 1.29 is 33.4 Å². The van der Waals surface area contributed by atoms with E-state index in [0.717, 1.165) is 27.2 Å². The first-order valence-electron chi connectivity index (χ1n) is 16.5. The molecule has 2 fully saturated rings. The van der Waals surface area contributed by atoms with Crippen molar-refractivity contribution >= 4 is 24.6 Å². The summed E-state index contributed by atoms with van der Waals surface area (Å²) >= 11 is 0. The third-order valence-electron chi connectivity index (χ3n) is 9.39. The summed E-state index contributed by atoms with van der Waals surface area (Å²) in [5, 5.41) is 15.1. The number of carbonyl (C=O) groups excluding carboxylic acids is 1. The third-order valence-corrected chi connectivity index (χ3v) is 14.5. The number of benzene rings is 4. The Morgan fingerprint density at radius 2 is 1.40 bits per heavy atom. The molecule has 2 heterocycles. The van der Waals surface area contributed by atoms with Crippen LogP contribution in [0.25, 0.3) is 0 Å². The topological polar surface area (TPSA) is 86.7 Å². The van der Waals surface area contributed by atoms with E-state index in [1.807, 2.05) is 66.7 Å². The van der Waals surface area contributed by atoms with Gasteiger partial charge < -0.3 is 23.7 Å². The summed E-state index contributed by atoms with van der Waals surface area (Å²) in [4.78, 5) is 19.1. The lowest BCUT2D eigenvalue weighted by atomic mass is 9.88. The zero-order chi connectivity index (χ0) is 33.7. The van der Waals surface area contributed by atoms with Crippen LogP contribution in [-0.2, 0) is 36.7 Å². The van der Waals surface area contributed by atoms with Crippen LogP contribution in [0.5, 0.6) is 5.75 Å². The number of aliphatic hydroxyl groups excluding tert-OH is 1. The van der Waals surface area contributed by atoms with Gasteiger partial charge in [-0.3, -0.25) is 9.63 Å². The fourth-order valence-electron chi connectivity index (χ4n) is 6.78. The van der Waals surface area contributed by atoms with Crippen LogP contribution in [0.3, 0.4) is 0 Å². The van der Waals surface area contributed by atoms with Gasteiger partial charge in [0.1, 0.15) is 24.6 Å². The molecule has 0 aliphatic carbocycles. The van der Waals surface area contributed by atoms with Gasteiger partial charge in [0.15, 0.2) is 0 Å². The van der Waals surface area contributed by atoms with Crippen molar-refractivity contribution in [2.24, 2.45) is 5.92 Å². The van der Waals surface area contributed by atoms with Crippen LogP contribution in [-0.4, -0.2) is 69.1 Å². The molecule has 1 amide bonds. The van der Waals surface area contributed by atoms with Gasteiger partial charge in [-0.1, -0.05) is 124 Å². The molecule has 5 atom stereocenters. The molecule has 6 rings (SSSR count). The van der Waals surface area contributed by atoms with Crippen molar-refractivity contribution in [1.29, 1.82) is 0 Å². The number of nitrogens with zero attached hydrogens (tertiary/aromatic N) is 1. The maximum absolute atomic E-state index is 13.3. The number of carbonyl (C=O) groups is 1. The Balaban J connectivity index is 1.24. The van der Waals surface area contributed by atoms with E-state index in [2.05, 4.69) is 69.3 Å². The highest BCUT2D eigenvalue weighted by Gasteiger charge is 2.57. The molecule has 0 saturated carbocycles. The highest BCUT2D eigenvalue weighted by molar-refractivity contribution is 6.99. The summed E-state index contributed by atoms with van der Waals surface area (Å²) in [5.74, 6) is -0.210. The van der Waals surface area contributed by atoms with Crippen molar-refractivity contribution in [2.45, 2.75) is 63.4 Å². The summed E-state index contributed by atoms with van der Waals surface area (Å²) < 4.78 is 25.6. The Labute approximate surface area is 284 Å². The minimum Gasteiger partial charge on any atom is -0.497 e. The minimum absolute atomic E-state index is 0.226. The highest BCUT2D eigenvalue weighted by atomic mass is 28.4. The molecule has 4 aromatic rings. The molecular formula is C39H45NO7Si. The third kappa shape index (κ3) is 6.98. The van der Waals surface area contributed by atoms with E-state index in [1.54, 1.807) is 7.11 Å². The second-order valence-electron chi connectivity index (χ2n) is 13.5. The maximum atomic E-state index is 13.3. The molecular weight excluding hydrogens is 623 g/mol. The first kappa shape index (κ1) is 34.0. The van der Waals surface area contributed by atoms with Crippen LogP contribution >= 0.6 is 0 Å². The van der Waals surface area contributed by atoms with E-state index in [1.165, 1.54) is 5.06 Å². The molecule has 0 spiro atoms. The summed E-state index contributed by atoms with van der Waals surface area (Å²) in [7, 11) is -1.35. The number of aliphatic hydroxyl groups is 1. The second kappa shape index (κ2) is 14.7. The number of amides is 1. The standard InChI is InChI=1S/C39H45NO7Si/c1-39(2,3)48(31-16-10-6-11-17-31,32-18-12-7-13-19-32)47-34-27-45-37(36(34)44-25-28-14-8-5-9-15-28)35(41)33-24-40(38(33)42)46-26-29-20-22-30(43-4)23-21-29/h5-23,33-37,41H,24-27H2,1-4H3/t33-,34+,35+,36-,37-/m1/s1. The number of β-lactam (4-membered cyclic amide) rings is 1. The van der Waals surface area contributed by atoms with Crippen molar-refractivity contribution in [3.05, 3.63) is 126 Å². The Bertz CT molecular complexity index is 1580. The van der Waals surface area contributed by atoms with E-state index in [4.69, 9.17) is 23.5 Å². The van der Waals surface area contributed by atoms with Gasteiger partial charge in [0.25, 0.3) is 14.2 Å². The van der Waals surface area contributed by atoms with Gasteiger partial charge in [-0.05, 0) is 38.7 Å². The first-order chi connectivity index (χ1) is 23.2. The Hall–Kier alpha value is -3.83. The molecule has 0 unspecified atom stereocenters. The number of hydroxylamine groups is 2. The van der Waals surface area contributed by atoms with Gasteiger partial charge in [-0.25, -0.2) is 5.06 Å². The largest absolute Gasteiger partial charge is 0.497 e. The summed E-state index contributed by atoms with van der Waals surface area (Å²) in [6.07, 6.45) is -2.98. The molecule has 252 valence electrons. The quantitative estimate of drug-likeness (QED) is 0.161. The van der Waals surface area contributed by atoms with Crippen molar-refractivity contribution in [1.82, 2.24) is 5.06 Å². The zero-order valence-corrected chi connectivity index (χ0v) is 29.0. The molecule has 0 bridgehead atoms. The average molecular weight is 668 g/mol. The lowest BCUT2D eigenvalue weighted by Crippen LogP contribution is -2.69. The predicted molar refractivity (Wildman–Crippen MR) is 186 cm³/mol. The Morgan fingerprint density at radius 1 is 0.833 bits per heavy atom. The molecule has 9 heteroatoms. The van der Waals surface area contributed by atoms with E-state index < -0.39 is 38.7 Å². The monoisotopic (exact) mass is 667 g/mol. The van der Waals surface area contributed by atoms with Crippen molar-refractivity contribution in [3.63, 3.8) is 0 Å². The first-order valence-corrected chi connectivity index (χ1v) is 18.4. The molecule has 0 radical (unpaired) electrons. The summed E-state index contributed by atoms with van der Waals surface area (Å²) in [6.45, 7) is 7.72. The fraction of sp³-hybridized carbons (Fsp3) is 0.359. The Morgan fingerprint density at radius 3 is 1.94 bits per heavy atom. The van der Waals surface area contributed by atoms with Crippen LogP contribution in [0.15, 0.2) is 115 Å². The number of hydrogen-bond donors (Lipinski definition) is 1. The van der Waals surface area contributed by atoms with E-state index in [-0.39, 0.29) is 30.7 Å². The second-order valence-corrected chi connectivity index (χ2v) is 17.7. The number of hydrogen-bond acceptors (Lipinski definition) is 7. The van der Waals surface area contributed by atoms with Gasteiger partial charge in [0.05, 0.1) is 45.0 Å². The smallest absolute Gasteiger partial charge is 0.261 e. The van der Waals surface area contributed by atoms with E-state index in [0.29, 0.717) is 6.61 Å². The number of ether oxygens (including phenoxy) is 3. The van der Waals surface area contributed by atoms with Crippen LogP contribution in [0.4, 0.5) is 0 Å². The molecule has 2 saturated heterocycles. The number of rotatable bonds is 13. The van der Waals surface area contributed by atoms with Gasteiger partial charge in [-0.15, -0.1) is 0 Å². The summed E-state index contributed by atoms with van der Waals surface area (Å²) in [5.41, 5.74) is 1.91. The van der Waals surface area contributed by atoms with Crippen LogP contribution in [0.1, 0.15) is 31.9 Å². The van der Waals surface area contributed by atoms with Gasteiger partial charge >= 0.3 is 0 Å². The van der Waals surface area contributed by atoms with Gasteiger partial charge in [0, 0.05) is 0 Å². The highest BCUT2D eigenvalue weighted by Crippen LogP contribution is 2.40. The molecule has 0 aromatic heterocycles. The summed E-state index contributed by atoms with van der Waals surface area (Å²) in [6, 6.07) is 38.3. The lowest BCUT2D eigenvalue weighted by Gasteiger charge is -2.45. The minimum atomic E-state index is -2.97. The molecule has 8 nitrogen and oxygen atoms in total. The molecule has 2 aliphatic heterocycles. The predicted octanol–water partition coefficient (Wildman–Crippen LogP) is 4.88. The molecule has 1 N–H and O–H groups in total. The van der Waals surface area contributed by atoms with Crippen LogP contribution in [0.2, 0.25) is 5.04 Å². The van der Waals surface area contributed by atoms with Crippen LogP contribution in [0, 0.1) is 5.92 Å². The van der Waals surface area contributed by atoms with Crippen LogP contribution < -0.4 is 15.1 Å². The van der Waals surface area contributed by atoms with Gasteiger partial charge in [-0.2, -0.15) is 0 Å². The van der Waals surface area contributed by atoms with Crippen molar-refractivity contribution in [3.8, 4) is 5.75 Å². The lowest BCUT2D eigenvalue weighted by molar-refractivity contribution is -0.239. The SMILES string of the molecule is COc1ccc(CON2C[C@H]([C@H](O)[C@H]3OC[C@H](O[Si](c4ccccc4)(c4ccccc4)C(C)(C)C)[C@H]3OCc3ccccc3)C2=O)cc1. The van der Waals surface area contributed by atoms with Crippen molar-refractivity contribution in [2.75, 3.05) is 20.3 Å². The molecule has 2 aliphatic rings. The molecule has 48 heavy (non-hydrogen) atoms. The maximum Gasteiger partial charge on any atom is 0.261 e. The average Bonchev–Trinajstić information content (AvgIpc) is 3.51. The normalized spacial score (nSPS) is 21.9. The van der Waals surface area contributed by atoms with Gasteiger partial charge in [0.2, 0.25) is 0 Å². The van der Waals surface area contributed by atoms with E-state index >= 15 is 0 Å².